The van der Waals surface area contributed by atoms with Crippen molar-refractivity contribution in [1.82, 2.24) is 0 Å². The van der Waals surface area contributed by atoms with E-state index in [4.69, 9.17) is 9.84 Å². The fraction of sp³-hybridized carbons (Fsp3) is 0.417. The Morgan fingerprint density at radius 2 is 2.05 bits per heavy atom. The van der Waals surface area contributed by atoms with Gasteiger partial charge in [0.15, 0.2) is 0 Å². The summed E-state index contributed by atoms with van der Waals surface area (Å²) < 4.78 is 43.7. The summed E-state index contributed by atoms with van der Waals surface area (Å²) in [5, 5.41) is 8.83. The molecule has 0 bridgehead atoms. The maximum atomic E-state index is 12.9. The number of hydrogen-bond donors (Lipinski definition) is 1. The maximum Gasteiger partial charge on any atom is 0.420 e. The summed E-state index contributed by atoms with van der Waals surface area (Å²) in [5.41, 5.74) is -0.712. The van der Waals surface area contributed by atoms with Crippen LogP contribution in [-0.2, 0) is 17.4 Å². The van der Waals surface area contributed by atoms with E-state index in [1.807, 2.05) is 0 Å². The van der Waals surface area contributed by atoms with Gasteiger partial charge >= 0.3 is 12.1 Å². The molecule has 19 heavy (non-hydrogen) atoms. The highest BCUT2D eigenvalue weighted by molar-refractivity contribution is 9.10. The summed E-state index contributed by atoms with van der Waals surface area (Å²) in [5.74, 6) is -2.20. The third kappa shape index (κ3) is 3.86. The van der Waals surface area contributed by atoms with Gasteiger partial charge in [-0.15, -0.1) is 0 Å². The van der Waals surface area contributed by atoms with Crippen LogP contribution in [0.25, 0.3) is 0 Å². The molecule has 0 radical (unpaired) electrons. The predicted molar refractivity (Wildman–Crippen MR) is 66.2 cm³/mol. The summed E-state index contributed by atoms with van der Waals surface area (Å²) in [6.45, 7) is 1.43. The topological polar surface area (TPSA) is 46.5 Å². The summed E-state index contributed by atoms with van der Waals surface area (Å²) in [4.78, 5) is 10.8. The molecule has 1 N–H and O–H groups in total. The Balaban J connectivity index is 3.31. The highest BCUT2D eigenvalue weighted by atomic mass is 79.9. The average molecular weight is 341 g/mol. The van der Waals surface area contributed by atoms with E-state index in [1.54, 1.807) is 0 Å². The first-order valence-corrected chi connectivity index (χ1v) is 6.12. The molecule has 0 fully saturated rings. The highest BCUT2D eigenvalue weighted by Crippen LogP contribution is 2.40. The SMILES string of the molecule is COc1c(CC(C)C(=O)O)cc(Br)cc1C(F)(F)F. The van der Waals surface area contributed by atoms with Crippen molar-refractivity contribution in [3.05, 3.63) is 27.7 Å². The van der Waals surface area contributed by atoms with Gasteiger partial charge in [-0.05, 0) is 24.1 Å². The first-order valence-electron chi connectivity index (χ1n) is 5.33. The Morgan fingerprint density at radius 3 is 2.47 bits per heavy atom. The molecular weight excluding hydrogens is 329 g/mol. The van der Waals surface area contributed by atoms with Crippen molar-refractivity contribution < 1.29 is 27.8 Å². The number of halogens is 4. The summed E-state index contributed by atoms with van der Waals surface area (Å²) in [7, 11) is 1.13. The average Bonchev–Trinajstić information content (AvgIpc) is 2.26. The second kappa shape index (κ2) is 5.81. The number of carboxylic acids is 1. The Morgan fingerprint density at radius 1 is 1.47 bits per heavy atom. The van der Waals surface area contributed by atoms with Gasteiger partial charge in [0.25, 0.3) is 0 Å². The largest absolute Gasteiger partial charge is 0.496 e. The number of rotatable bonds is 4. The molecule has 0 aromatic heterocycles. The Kier molecular flexibility index (Phi) is 4.84. The fourth-order valence-electron chi connectivity index (χ4n) is 1.67. The first-order chi connectivity index (χ1) is 8.66. The Labute approximate surface area is 116 Å². The molecule has 0 amide bonds. The number of benzene rings is 1. The first kappa shape index (κ1) is 15.8. The van der Waals surface area contributed by atoms with Crippen LogP contribution in [0.5, 0.6) is 5.75 Å². The summed E-state index contributed by atoms with van der Waals surface area (Å²) in [6.07, 6.45) is -4.60. The van der Waals surface area contributed by atoms with Crippen LogP contribution in [-0.4, -0.2) is 18.2 Å². The molecule has 0 heterocycles. The number of methoxy groups -OCH3 is 1. The normalized spacial score (nSPS) is 13.2. The minimum absolute atomic E-state index is 0.0406. The lowest BCUT2D eigenvalue weighted by Crippen LogP contribution is -2.15. The van der Waals surface area contributed by atoms with E-state index in [1.165, 1.54) is 13.0 Å². The molecule has 1 atom stereocenters. The van der Waals surface area contributed by atoms with Gasteiger partial charge in [0.1, 0.15) is 5.75 Å². The quantitative estimate of drug-likeness (QED) is 0.908. The van der Waals surface area contributed by atoms with Gasteiger partial charge in [-0.3, -0.25) is 4.79 Å². The van der Waals surface area contributed by atoms with Crippen LogP contribution in [0.4, 0.5) is 13.2 Å². The number of alkyl halides is 3. The zero-order chi connectivity index (χ0) is 14.8. The molecule has 0 saturated carbocycles. The third-order valence-electron chi connectivity index (χ3n) is 2.59. The smallest absolute Gasteiger partial charge is 0.420 e. The van der Waals surface area contributed by atoms with Gasteiger partial charge in [0.05, 0.1) is 18.6 Å². The zero-order valence-corrected chi connectivity index (χ0v) is 11.8. The second-order valence-electron chi connectivity index (χ2n) is 4.09. The second-order valence-corrected chi connectivity index (χ2v) is 5.00. The minimum Gasteiger partial charge on any atom is -0.496 e. The van der Waals surface area contributed by atoms with E-state index in [0.717, 1.165) is 13.2 Å². The van der Waals surface area contributed by atoms with E-state index >= 15 is 0 Å². The van der Waals surface area contributed by atoms with Crippen LogP contribution in [0.3, 0.4) is 0 Å². The molecule has 0 saturated heterocycles. The minimum atomic E-state index is -4.56. The molecule has 3 nitrogen and oxygen atoms in total. The van der Waals surface area contributed by atoms with Crippen molar-refractivity contribution >= 4 is 21.9 Å². The molecule has 1 aromatic rings. The lowest BCUT2D eigenvalue weighted by atomic mass is 9.98. The molecule has 1 unspecified atom stereocenters. The van der Waals surface area contributed by atoms with Gasteiger partial charge < -0.3 is 9.84 Å². The molecule has 7 heteroatoms. The van der Waals surface area contributed by atoms with E-state index in [0.29, 0.717) is 0 Å². The third-order valence-corrected chi connectivity index (χ3v) is 3.05. The molecular formula is C12H12BrF3O3. The van der Waals surface area contributed by atoms with Gasteiger partial charge in [0, 0.05) is 4.47 Å². The van der Waals surface area contributed by atoms with Gasteiger partial charge in [-0.1, -0.05) is 22.9 Å². The number of hydrogen-bond acceptors (Lipinski definition) is 2. The monoisotopic (exact) mass is 340 g/mol. The number of carbonyl (C=O) groups is 1. The molecule has 0 aliphatic heterocycles. The van der Waals surface area contributed by atoms with E-state index in [2.05, 4.69) is 15.9 Å². The van der Waals surface area contributed by atoms with Crippen molar-refractivity contribution in [2.75, 3.05) is 7.11 Å². The summed E-state index contributed by atoms with van der Waals surface area (Å²) in [6, 6.07) is 2.35. The van der Waals surface area contributed by atoms with Crippen molar-refractivity contribution in [3.63, 3.8) is 0 Å². The number of aliphatic carboxylic acids is 1. The molecule has 1 aromatic carbocycles. The highest BCUT2D eigenvalue weighted by Gasteiger charge is 2.36. The van der Waals surface area contributed by atoms with Crippen molar-refractivity contribution in [2.24, 2.45) is 5.92 Å². The van der Waals surface area contributed by atoms with Crippen molar-refractivity contribution in [3.8, 4) is 5.75 Å². The standard InChI is InChI=1S/C12H12BrF3O3/c1-6(11(17)18)3-7-4-8(13)5-9(10(7)19-2)12(14,15)16/h4-6H,3H2,1-2H3,(H,17,18). The Bertz CT molecular complexity index is 486. The lowest BCUT2D eigenvalue weighted by Gasteiger charge is -2.17. The van der Waals surface area contributed by atoms with Crippen molar-refractivity contribution in [2.45, 2.75) is 19.5 Å². The van der Waals surface area contributed by atoms with Crippen LogP contribution < -0.4 is 4.74 Å². The lowest BCUT2D eigenvalue weighted by molar-refractivity contribution is -0.141. The maximum absolute atomic E-state index is 12.9. The van der Waals surface area contributed by atoms with E-state index in [-0.39, 0.29) is 22.2 Å². The van der Waals surface area contributed by atoms with Crippen LogP contribution in [0.15, 0.2) is 16.6 Å². The zero-order valence-electron chi connectivity index (χ0n) is 10.2. The van der Waals surface area contributed by atoms with Crippen LogP contribution >= 0.6 is 15.9 Å². The van der Waals surface area contributed by atoms with Crippen molar-refractivity contribution in [1.29, 1.82) is 0 Å². The van der Waals surface area contributed by atoms with Crippen LogP contribution in [0.2, 0.25) is 0 Å². The van der Waals surface area contributed by atoms with E-state index in [9.17, 15) is 18.0 Å². The number of carboxylic acid groups (broad SMARTS) is 1. The molecule has 0 spiro atoms. The fourth-order valence-corrected chi connectivity index (χ4v) is 2.18. The molecule has 0 aliphatic rings. The van der Waals surface area contributed by atoms with Crippen LogP contribution in [0, 0.1) is 5.92 Å². The molecule has 0 aliphatic carbocycles. The van der Waals surface area contributed by atoms with Gasteiger partial charge in [-0.25, -0.2) is 0 Å². The van der Waals surface area contributed by atoms with Gasteiger partial charge in [-0.2, -0.15) is 13.2 Å². The summed E-state index contributed by atoms with van der Waals surface area (Å²) >= 11 is 2.99. The molecule has 106 valence electrons. The molecule has 1 rings (SSSR count). The predicted octanol–water partition coefficient (Wildman–Crippen LogP) is 3.74. The van der Waals surface area contributed by atoms with Crippen LogP contribution in [0.1, 0.15) is 18.1 Å². The van der Waals surface area contributed by atoms with Gasteiger partial charge in [0.2, 0.25) is 0 Å². The Hall–Kier alpha value is -1.24. The number of ether oxygens (including phenoxy) is 1. The van der Waals surface area contributed by atoms with E-state index < -0.39 is 23.6 Å².